The summed E-state index contributed by atoms with van der Waals surface area (Å²) in [5.74, 6) is 0.530. The Morgan fingerprint density at radius 3 is 1.60 bits per heavy atom. The Balaban J connectivity index is 1.43. The number of allylic oxidation sites excluding steroid dienone is 4. The molecule has 40 heavy (non-hydrogen) atoms. The first-order chi connectivity index (χ1) is 19.7. The van der Waals surface area contributed by atoms with Gasteiger partial charge in [0.25, 0.3) is 0 Å². The van der Waals surface area contributed by atoms with Crippen LogP contribution in [0.5, 0.6) is 0 Å². The van der Waals surface area contributed by atoms with Crippen LogP contribution >= 0.6 is 15.8 Å². The zero-order valence-corrected chi connectivity index (χ0v) is 26.4. The standard InChI is InChI=1S/C38H46P2/c1-29-25-30(2)27-31(26-29)36-23-24-38(40(34-19-11-5-12-20-34)35-21-13-6-14-22-35)37(36)28-39(32-15-7-3-8-16-32)33-17-9-4-10-18-33/h5-6,11-14,19-27,32-33,37H,3-4,7-10,15-18,28H2,1-2H3. The average Bonchev–Trinajstić information content (AvgIpc) is 3.40. The van der Waals surface area contributed by atoms with Gasteiger partial charge in [0.1, 0.15) is 0 Å². The molecule has 0 radical (unpaired) electrons. The van der Waals surface area contributed by atoms with Crippen LogP contribution in [0.25, 0.3) is 5.57 Å². The summed E-state index contributed by atoms with van der Waals surface area (Å²) in [4.78, 5) is 0. The van der Waals surface area contributed by atoms with E-state index in [1.54, 1.807) is 10.9 Å². The van der Waals surface area contributed by atoms with Gasteiger partial charge in [0, 0.05) is 5.92 Å². The smallest absolute Gasteiger partial charge is 0.0145 e. The molecule has 6 rings (SSSR count). The lowest BCUT2D eigenvalue weighted by Gasteiger charge is -2.41. The molecule has 0 heterocycles. The van der Waals surface area contributed by atoms with Gasteiger partial charge in [0.15, 0.2) is 0 Å². The van der Waals surface area contributed by atoms with Gasteiger partial charge in [-0.1, -0.05) is 149 Å². The van der Waals surface area contributed by atoms with Crippen LogP contribution < -0.4 is 10.6 Å². The molecule has 0 nitrogen and oxygen atoms in total. The Hall–Kier alpha value is -2.00. The molecule has 0 amide bonds. The van der Waals surface area contributed by atoms with Crippen LogP contribution in [-0.4, -0.2) is 17.5 Å². The monoisotopic (exact) mass is 564 g/mol. The van der Waals surface area contributed by atoms with Crippen molar-refractivity contribution in [2.75, 3.05) is 6.16 Å². The molecule has 2 fully saturated rings. The number of rotatable bonds is 8. The fourth-order valence-corrected chi connectivity index (χ4v) is 14.5. The van der Waals surface area contributed by atoms with E-state index in [1.165, 1.54) is 97.7 Å². The lowest BCUT2D eigenvalue weighted by atomic mass is 9.94. The average molecular weight is 565 g/mol. The van der Waals surface area contributed by atoms with Crippen molar-refractivity contribution in [1.29, 1.82) is 0 Å². The summed E-state index contributed by atoms with van der Waals surface area (Å²) in [5.41, 5.74) is 7.80. The second-order valence-corrected chi connectivity index (χ2v) is 17.5. The molecule has 0 saturated heterocycles. The van der Waals surface area contributed by atoms with E-state index in [9.17, 15) is 0 Å². The van der Waals surface area contributed by atoms with Crippen LogP contribution in [0.15, 0.2) is 96.3 Å². The summed E-state index contributed by atoms with van der Waals surface area (Å²) in [7, 11) is -0.571. The predicted octanol–water partition coefficient (Wildman–Crippen LogP) is 10.5. The molecule has 1 atom stereocenters. The maximum atomic E-state index is 2.57. The third kappa shape index (κ3) is 6.40. The van der Waals surface area contributed by atoms with E-state index in [1.807, 2.05) is 0 Å². The van der Waals surface area contributed by atoms with Crippen molar-refractivity contribution in [2.45, 2.75) is 89.4 Å². The third-order valence-corrected chi connectivity index (χ3v) is 15.8. The van der Waals surface area contributed by atoms with Crippen LogP contribution in [0.1, 0.15) is 80.9 Å². The van der Waals surface area contributed by atoms with E-state index in [4.69, 9.17) is 0 Å². The first-order valence-electron chi connectivity index (χ1n) is 15.8. The highest BCUT2D eigenvalue weighted by atomic mass is 31.1. The van der Waals surface area contributed by atoms with Crippen molar-refractivity contribution in [3.63, 3.8) is 0 Å². The van der Waals surface area contributed by atoms with Gasteiger partial charge in [-0.3, -0.25) is 0 Å². The van der Waals surface area contributed by atoms with Crippen LogP contribution in [0.2, 0.25) is 0 Å². The molecule has 2 heteroatoms. The summed E-state index contributed by atoms with van der Waals surface area (Å²) in [6.07, 6.45) is 21.2. The fraction of sp³-hybridized carbons (Fsp3) is 0.421. The first-order valence-corrected chi connectivity index (χ1v) is 18.8. The summed E-state index contributed by atoms with van der Waals surface area (Å²) >= 11 is 0. The molecule has 0 bridgehead atoms. The van der Waals surface area contributed by atoms with E-state index < -0.39 is 7.92 Å². The molecule has 2 saturated carbocycles. The maximum Gasteiger partial charge on any atom is 0.0145 e. The quantitative estimate of drug-likeness (QED) is 0.239. The van der Waals surface area contributed by atoms with Crippen LogP contribution in [-0.2, 0) is 0 Å². The molecule has 3 aliphatic carbocycles. The topological polar surface area (TPSA) is 0 Å². The number of hydrogen-bond donors (Lipinski definition) is 0. The van der Waals surface area contributed by atoms with Gasteiger partial charge in [-0.05, 0) is 92.0 Å². The Morgan fingerprint density at radius 2 is 1.10 bits per heavy atom. The van der Waals surface area contributed by atoms with E-state index in [0.717, 1.165) is 11.3 Å². The number of hydrogen-bond acceptors (Lipinski definition) is 0. The van der Waals surface area contributed by atoms with Crippen molar-refractivity contribution < 1.29 is 0 Å². The number of benzene rings is 3. The van der Waals surface area contributed by atoms with Gasteiger partial charge in [0.05, 0.1) is 0 Å². The van der Waals surface area contributed by atoms with E-state index in [0.29, 0.717) is 5.92 Å². The summed E-state index contributed by atoms with van der Waals surface area (Å²) in [5, 5.41) is 4.69. The van der Waals surface area contributed by atoms with Gasteiger partial charge >= 0.3 is 0 Å². The maximum absolute atomic E-state index is 2.57. The largest absolute Gasteiger partial charge is 0.0994 e. The van der Waals surface area contributed by atoms with Gasteiger partial charge in [-0.25, -0.2) is 0 Å². The van der Waals surface area contributed by atoms with Crippen LogP contribution in [0, 0.1) is 19.8 Å². The van der Waals surface area contributed by atoms with Crippen molar-refractivity contribution in [1.82, 2.24) is 0 Å². The first kappa shape index (κ1) is 28.1. The molecule has 0 N–H and O–H groups in total. The third-order valence-electron chi connectivity index (χ3n) is 9.49. The molecule has 0 aromatic heterocycles. The lowest BCUT2D eigenvalue weighted by molar-refractivity contribution is 0.483. The Labute approximate surface area is 245 Å². The minimum Gasteiger partial charge on any atom is -0.0994 e. The Morgan fingerprint density at radius 1 is 0.600 bits per heavy atom. The van der Waals surface area contributed by atoms with E-state index in [2.05, 4.69) is 105 Å². The normalized spacial score (nSPS) is 20.6. The van der Waals surface area contributed by atoms with Crippen molar-refractivity contribution in [3.8, 4) is 0 Å². The highest BCUT2D eigenvalue weighted by Gasteiger charge is 2.38. The zero-order chi connectivity index (χ0) is 27.3. The van der Waals surface area contributed by atoms with Gasteiger partial charge < -0.3 is 0 Å². The lowest BCUT2D eigenvalue weighted by Crippen LogP contribution is -2.26. The van der Waals surface area contributed by atoms with E-state index in [-0.39, 0.29) is 7.92 Å². The summed E-state index contributed by atoms with van der Waals surface area (Å²) in [6, 6.07) is 30.1. The SMILES string of the molecule is Cc1cc(C)cc(C2=CC=C(P(c3ccccc3)c3ccccc3)C2CP(C2CCCCC2)C2CCCCC2)c1. The molecule has 0 spiro atoms. The van der Waals surface area contributed by atoms with Crippen LogP contribution in [0.4, 0.5) is 0 Å². The van der Waals surface area contributed by atoms with Gasteiger partial charge in [0.2, 0.25) is 0 Å². The molecule has 3 aliphatic rings. The fourth-order valence-electron chi connectivity index (χ4n) is 7.66. The zero-order valence-electron chi connectivity index (χ0n) is 24.6. The summed E-state index contributed by atoms with van der Waals surface area (Å²) in [6.45, 7) is 4.54. The predicted molar refractivity (Wildman–Crippen MR) is 180 cm³/mol. The molecular formula is C38H46P2. The second kappa shape index (κ2) is 13.3. The molecule has 3 aromatic carbocycles. The Kier molecular flexibility index (Phi) is 9.37. The molecule has 0 aliphatic heterocycles. The second-order valence-electron chi connectivity index (χ2n) is 12.4. The van der Waals surface area contributed by atoms with Crippen molar-refractivity contribution in [3.05, 3.63) is 113 Å². The minimum atomic E-state index is -0.570. The minimum absolute atomic E-state index is 0.000822. The highest BCUT2D eigenvalue weighted by molar-refractivity contribution is 7.77. The van der Waals surface area contributed by atoms with Gasteiger partial charge in [-0.15, -0.1) is 0 Å². The van der Waals surface area contributed by atoms with Crippen LogP contribution in [0.3, 0.4) is 0 Å². The van der Waals surface area contributed by atoms with E-state index >= 15 is 0 Å². The van der Waals surface area contributed by atoms with Gasteiger partial charge in [-0.2, -0.15) is 0 Å². The molecule has 3 aromatic rings. The Bertz CT molecular complexity index is 1230. The van der Waals surface area contributed by atoms with Crippen molar-refractivity contribution >= 4 is 32.0 Å². The number of aryl methyl sites for hydroxylation is 2. The highest BCUT2D eigenvalue weighted by Crippen LogP contribution is 2.62. The molecule has 208 valence electrons. The van der Waals surface area contributed by atoms with Crippen molar-refractivity contribution in [2.24, 2.45) is 5.92 Å². The summed E-state index contributed by atoms with van der Waals surface area (Å²) < 4.78 is 0. The molecule has 1 unspecified atom stereocenters. The molecular weight excluding hydrogens is 518 g/mol.